The molecule has 13 heavy (non-hydrogen) atoms. The first-order valence-corrected chi connectivity index (χ1v) is 4.65. The van der Waals surface area contributed by atoms with E-state index in [0.717, 1.165) is 5.69 Å². The van der Waals surface area contributed by atoms with Crippen molar-refractivity contribution in [3.05, 3.63) is 22.1 Å². The Morgan fingerprint density at radius 2 is 1.92 bits per heavy atom. The Labute approximate surface area is 78.8 Å². The zero-order valence-corrected chi connectivity index (χ0v) is 9.01. The van der Waals surface area contributed by atoms with Crippen LogP contribution in [0.25, 0.3) is 0 Å². The molecule has 1 rings (SSSR count). The summed E-state index contributed by atoms with van der Waals surface area (Å²) in [6.07, 6.45) is 0. The minimum absolute atomic E-state index is 0.0520. The van der Waals surface area contributed by atoms with Crippen molar-refractivity contribution < 1.29 is 0 Å². The maximum absolute atomic E-state index is 11.5. The van der Waals surface area contributed by atoms with Gasteiger partial charge in [0.15, 0.2) is 0 Å². The number of nitrogens with one attached hydrogen (secondary N) is 1. The van der Waals surface area contributed by atoms with Crippen molar-refractivity contribution in [1.82, 2.24) is 9.78 Å². The van der Waals surface area contributed by atoms with E-state index >= 15 is 0 Å². The number of rotatable bonds is 1. The molecule has 0 radical (unpaired) electrons. The summed E-state index contributed by atoms with van der Waals surface area (Å²) in [7, 11) is 0. The molecule has 0 fully saturated rings. The molecule has 1 heterocycles. The fraction of sp³-hybridized carbons (Fsp3) is 0.700. The van der Waals surface area contributed by atoms with E-state index in [1.165, 1.54) is 0 Å². The van der Waals surface area contributed by atoms with Gasteiger partial charge in [-0.15, -0.1) is 0 Å². The van der Waals surface area contributed by atoms with E-state index in [4.69, 9.17) is 0 Å². The van der Waals surface area contributed by atoms with Gasteiger partial charge in [0.25, 0.3) is 5.56 Å². The second kappa shape index (κ2) is 3.05. The van der Waals surface area contributed by atoms with Crippen LogP contribution in [0.5, 0.6) is 0 Å². The summed E-state index contributed by atoms with van der Waals surface area (Å²) in [5.41, 5.74) is 0.889. The lowest BCUT2D eigenvalue weighted by Crippen LogP contribution is -2.32. The van der Waals surface area contributed by atoms with Gasteiger partial charge in [-0.3, -0.25) is 9.89 Å². The minimum Gasteiger partial charge on any atom is -0.299 e. The normalized spacial score (nSPS) is 12.5. The summed E-state index contributed by atoms with van der Waals surface area (Å²) in [4.78, 5) is 11.5. The van der Waals surface area contributed by atoms with Crippen molar-refractivity contribution in [3.8, 4) is 0 Å². The van der Waals surface area contributed by atoms with Crippen molar-refractivity contribution >= 4 is 0 Å². The lowest BCUT2D eigenvalue weighted by molar-refractivity contribution is 0.342. The van der Waals surface area contributed by atoms with E-state index in [1.807, 2.05) is 20.8 Å². The molecule has 0 spiro atoms. The van der Waals surface area contributed by atoms with Gasteiger partial charge in [-0.1, -0.05) is 13.8 Å². The average molecular weight is 182 g/mol. The quantitative estimate of drug-likeness (QED) is 0.709. The Bertz CT molecular complexity index is 339. The fourth-order valence-electron chi connectivity index (χ4n) is 1.21. The summed E-state index contributed by atoms with van der Waals surface area (Å²) in [6.45, 7) is 10.2. The molecule has 0 aliphatic heterocycles. The highest BCUT2D eigenvalue weighted by molar-refractivity contribution is 5.05. The molecule has 0 atom stereocenters. The maximum Gasteiger partial charge on any atom is 0.267 e. The number of H-pyrrole nitrogens is 1. The van der Waals surface area contributed by atoms with Crippen molar-refractivity contribution in [1.29, 1.82) is 0 Å². The van der Waals surface area contributed by atoms with E-state index < -0.39 is 0 Å². The predicted octanol–water partition coefficient (Wildman–Crippen LogP) is 2.05. The van der Waals surface area contributed by atoms with Crippen molar-refractivity contribution in [2.45, 2.75) is 46.1 Å². The van der Waals surface area contributed by atoms with Crippen molar-refractivity contribution in [2.24, 2.45) is 0 Å². The van der Waals surface area contributed by atoms with Crippen LogP contribution >= 0.6 is 0 Å². The Hall–Kier alpha value is -0.990. The average Bonchev–Trinajstić information content (AvgIpc) is 2.29. The van der Waals surface area contributed by atoms with Gasteiger partial charge in [0.2, 0.25) is 0 Å². The van der Waals surface area contributed by atoms with Gasteiger partial charge >= 0.3 is 0 Å². The van der Waals surface area contributed by atoms with Gasteiger partial charge in [0.1, 0.15) is 0 Å². The van der Waals surface area contributed by atoms with Gasteiger partial charge in [-0.05, 0) is 26.7 Å². The first kappa shape index (κ1) is 10.1. The maximum atomic E-state index is 11.5. The third kappa shape index (κ3) is 2.02. The standard InChI is InChI=1S/C10H18N2O/c1-7(2)8-6-9(13)12(11-8)10(3,4)5/h6-7,11H,1-5H3. The van der Waals surface area contributed by atoms with Gasteiger partial charge in [-0.25, -0.2) is 4.68 Å². The van der Waals surface area contributed by atoms with E-state index in [9.17, 15) is 4.79 Å². The summed E-state index contributed by atoms with van der Waals surface area (Å²) >= 11 is 0. The molecule has 0 saturated heterocycles. The molecule has 74 valence electrons. The molecule has 0 saturated carbocycles. The highest BCUT2D eigenvalue weighted by Gasteiger charge is 2.17. The summed E-state index contributed by atoms with van der Waals surface area (Å²) in [6, 6.07) is 1.68. The van der Waals surface area contributed by atoms with Gasteiger partial charge in [0, 0.05) is 11.8 Å². The van der Waals surface area contributed by atoms with E-state index in [2.05, 4.69) is 18.9 Å². The third-order valence-corrected chi connectivity index (χ3v) is 2.03. The molecule has 0 bridgehead atoms. The molecule has 0 unspecified atom stereocenters. The number of hydrogen-bond donors (Lipinski definition) is 1. The van der Waals surface area contributed by atoms with Crippen molar-refractivity contribution in [2.75, 3.05) is 0 Å². The molecule has 0 aromatic carbocycles. The van der Waals surface area contributed by atoms with Crippen molar-refractivity contribution in [3.63, 3.8) is 0 Å². The van der Waals surface area contributed by atoms with Crippen LogP contribution in [-0.2, 0) is 5.54 Å². The van der Waals surface area contributed by atoms with E-state index in [0.29, 0.717) is 5.92 Å². The molecule has 3 heteroatoms. The van der Waals surface area contributed by atoms with Crippen LogP contribution < -0.4 is 5.56 Å². The van der Waals surface area contributed by atoms with Crippen LogP contribution in [0, 0.1) is 0 Å². The molecule has 1 N–H and O–H groups in total. The lowest BCUT2D eigenvalue weighted by atomic mass is 10.1. The Morgan fingerprint density at radius 3 is 2.15 bits per heavy atom. The Morgan fingerprint density at radius 1 is 1.38 bits per heavy atom. The molecule has 0 aliphatic rings. The highest BCUT2D eigenvalue weighted by Crippen LogP contribution is 2.13. The molecule has 0 aliphatic carbocycles. The van der Waals surface area contributed by atoms with Crippen LogP contribution in [0.4, 0.5) is 0 Å². The second-order valence-electron chi connectivity index (χ2n) is 4.71. The number of hydrogen-bond acceptors (Lipinski definition) is 1. The number of nitrogens with zero attached hydrogens (tertiary/aromatic N) is 1. The van der Waals surface area contributed by atoms with Crippen LogP contribution in [0.2, 0.25) is 0 Å². The molecule has 0 amide bonds. The molecular weight excluding hydrogens is 164 g/mol. The zero-order valence-electron chi connectivity index (χ0n) is 9.01. The first-order valence-electron chi connectivity index (χ1n) is 4.65. The summed E-state index contributed by atoms with van der Waals surface area (Å²) in [5, 5.41) is 3.12. The van der Waals surface area contributed by atoms with Gasteiger partial charge in [-0.2, -0.15) is 0 Å². The SMILES string of the molecule is CC(C)c1cc(=O)n(C(C)(C)C)[nH]1. The topological polar surface area (TPSA) is 37.8 Å². The molecule has 3 nitrogen and oxygen atoms in total. The first-order chi connectivity index (χ1) is 5.82. The fourth-order valence-corrected chi connectivity index (χ4v) is 1.21. The summed E-state index contributed by atoms with van der Waals surface area (Å²) in [5.74, 6) is 0.372. The predicted molar refractivity (Wildman–Crippen MR) is 54.1 cm³/mol. The second-order valence-corrected chi connectivity index (χ2v) is 4.71. The molecule has 1 aromatic heterocycles. The van der Waals surface area contributed by atoms with Crippen LogP contribution in [0.15, 0.2) is 10.9 Å². The van der Waals surface area contributed by atoms with Gasteiger partial charge in [0.05, 0.1) is 5.54 Å². The van der Waals surface area contributed by atoms with Crippen LogP contribution in [-0.4, -0.2) is 9.78 Å². The third-order valence-electron chi connectivity index (χ3n) is 2.03. The zero-order chi connectivity index (χ0) is 10.2. The monoisotopic (exact) mass is 182 g/mol. The Balaban J connectivity index is 3.19. The largest absolute Gasteiger partial charge is 0.299 e. The number of aromatic amines is 1. The van der Waals surface area contributed by atoms with E-state index in [-0.39, 0.29) is 11.1 Å². The molecular formula is C10H18N2O. The van der Waals surface area contributed by atoms with Crippen LogP contribution in [0.1, 0.15) is 46.2 Å². The highest BCUT2D eigenvalue weighted by atomic mass is 16.1. The molecule has 1 aromatic rings. The van der Waals surface area contributed by atoms with Crippen LogP contribution in [0.3, 0.4) is 0 Å². The van der Waals surface area contributed by atoms with E-state index in [1.54, 1.807) is 10.7 Å². The smallest absolute Gasteiger partial charge is 0.267 e. The number of aromatic nitrogens is 2. The van der Waals surface area contributed by atoms with Gasteiger partial charge < -0.3 is 0 Å². The lowest BCUT2D eigenvalue weighted by Gasteiger charge is -2.19. The minimum atomic E-state index is -0.162. The Kier molecular flexibility index (Phi) is 2.37. The summed E-state index contributed by atoms with van der Waals surface area (Å²) < 4.78 is 1.67.